The van der Waals surface area contributed by atoms with E-state index < -0.39 is 12.2 Å². The molecule has 1 rings (SSSR count). The number of carbonyl (C=O) groups excluding carboxylic acids is 1. The number of carbonyl (C=O) groups is 1. The van der Waals surface area contributed by atoms with Gasteiger partial charge >= 0.3 is 5.97 Å². The Hall–Kier alpha value is -0.870. The molecule has 1 heterocycles. The van der Waals surface area contributed by atoms with Gasteiger partial charge in [-0.05, 0) is 32.6 Å². The predicted octanol–water partition coefficient (Wildman–Crippen LogP) is 5.84. The number of rotatable bonds is 0. The van der Waals surface area contributed by atoms with Crippen LogP contribution in [0.4, 0.5) is 0 Å². The van der Waals surface area contributed by atoms with Crippen LogP contribution in [0.25, 0.3) is 0 Å². The van der Waals surface area contributed by atoms with Crippen molar-refractivity contribution >= 4 is 5.97 Å². The molecule has 0 aromatic carbocycles. The first kappa shape index (κ1) is 25.2. The highest BCUT2D eigenvalue weighted by molar-refractivity contribution is 5.81. The fourth-order valence-corrected chi connectivity index (χ4v) is 3.96. The largest absolute Gasteiger partial charge is 0.459 e. The lowest BCUT2D eigenvalue weighted by Gasteiger charge is -2.19. The van der Waals surface area contributed by atoms with Gasteiger partial charge in [-0.25, -0.2) is 4.79 Å². The Balaban J connectivity index is 2.36. The van der Waals surface area contributed by atoms with Crippen LogP contribution in [-0.4, -0.2) is 34.5 Å². The van der Waals surface area contributed by atoms with Crippen LogP contribution in [0.3, 0.4) is 0 Å². The summed E-state index contributed by atoms with van der Waals surface area (Å²) < 4.78 is 5.33. The summed E-state index contributed by atoms with van der Waals surface area (Å²) in [5.74, 6) is -0.338. The third-order valence-corrected chi connectivity index (χ3v) is 5.63. The number of esters is 1. The average molecular weight is 397 g/mol. The first-order valence-corrected chi connectivity index (χ1v) is 11.8. The third-order valence-electron chi connectivity index (χ3n) is 5.63. The summed E-state index contributed by atoms with van der Waals surface area (Å²) in [4.78, 5) is 11.8. The van der Waals surface area contributed by atoms with Crippen LogP contribution >= 0.6 is 0 Å². The van der Waals surface area contributed by atoms with Crippen molar-refractivity contribution < 1.29 is 19.7 Å². The molecule has 0 bridgehead atoms. The lowest BCUT2D eigenvalue weighted by Crippen LogP contribution is -2.24. The van der Waals surface area contributed by atoms with Gasteiger partial charge in [-0.1, -0.05) is 83.1 Å². The Morgan fingerprint density at radius 1 is 0.750 bits per heavy atom. The Kier molecular flexibility index (Phi) is 15.3. The SMILES string of the molecule is C[C@@H]1C[C@H](O)C[C@@H](O)CCCCCCCCCCCCCCC/C=C/C(=O)O1. The monoisotopic (exact) mass is 396 g/mol. The van der Waals surface area contributed by atoms with Crippen LogP contribution in [0.2, 0.25) is 0 Å². The quantitative estimate of drug-likeness (QED) is 0.505. The highest BCUT2D eigenvalue weighted by Crippen LogP contribution is 2.16. The zero-order chi connectivity index (χ0) is 20.5. The smallest absolute Gasteiger partial charge is 0.330 e. The van der Waals surface area contributed by atoms with E-state index in [1.807, 2.05) is 6.08 Å². The predicted molar refractivity (Wildman–Crippen MR) is 115 cm³/mol. The molecule has 4 heteroatoms. The molecule has 28 heavy (non-hydrogen) atoms. The minimum Gasteiger partial charge on any atom is -0.459 e. The van der Waals surface area contributed by atoms with E-state index in [-0.39, 0.29) is 12.1 Å². The standard InChI is InChI=1S/C24H44O4/c1-21-19-23(26)20-22(25)17-15-13-11-9-7-5-3-2-4-6-8-10-12-14-16-18-24(27)28-21/h16,18,21-23,25-26H,2-15,17,19-20H2,1H3/b18-16+/t21-,22+,23+/m1/s1. The molecule has 0 aromatic heterocycles. The molecule has 0 saturated carbocycles. The van der Waals surface area contributed by atoms with E-state index >= 15 is 0 Å². The summed E-state index contributed by atoms with van der Waals surface area (Å²) in [6.07, 6.45) is 20.8. The molecule has 0 unspecified atom stereocenters. The number of ether oxygens (including phenoxy) is 1. The topological polar surface area (TPSA) is 66.8 Å². The van der Waals surface area contributed by atoms with Gasteiger partial charge in [0.25, 0.3) is 0 Å². The maximum atomic E-state index is 11.8. The normalized spacial score (nSPS) is 30.7. The molecule has 164 valence electrons. The van der Waals surface area contributed by atoms with Gasteiger partial charge in [0.05, 0.1) is 12.2 Å². The molecule has 0 aliphatic carbocycles. The number of hydrogen-bond acceptors (Lipinski definition) is 4. The second-order valence-electron chi connectivity index (χ2n) is 8.60. The summed E-state index contributed by atoms with van der Waals surface area (Å²) >= 11 is 0. The first-order chi connectivity index (χ1) is 13.6. The van der Waals surface area contributed by atoms with Gasteiger partial charge < -0.3 is 14.9 Å². The van der Waals surface area contributed by atoms with Crippen molar-refractivity contribution in [2.75, 3.05) is 0 Å². The summed E-state index contributed by atoms with van der Waals surface area (Å²) in [6, 6.07) is 0. The molecule has 4 nitrogen and oxygen atoms in total. The minimum absolute atomic E-state index is 0.338. The van der Waals surface area contributed by atoms with E-state index in [0.29, 0.717) is 12.8 Å². The summed E-state index contributed by atoms with van der Waals surface area (Å²) in [7, 11) is 0. The van der Waals surface area contributed by atoms with Crippen molar-refractivity contribution in [1.82, 2.24) is 0 Å². The molecule has 0 aromatic rings. The van der Waals surface area contributed by atoms with Gasteiger partial charge in [-0.15, -0.1) is 0 Å². The molecule has 0 saturated heterocycles. The van der Waals surface area contributed by atoms with E-state index in [1.165, 1.54) is 70.3 Å². The van der Waals surface area contributed by atoms with Gasteiger partial charge in [0.15, 0.2) is 0 Å². The van der Waals surface area contributed by atoms with Gasteiger partial charge in [-0.2, -0.15) is 0 Å². The lowest BCUT2D eigenvalue weighted by atomic mass is 10.0. The Bertz CT molecular complexity index is 407. The average Bonchev–Trinajstić information content (AvgIpc) is 2.63. The van der Waals surface area contributed by atoms with E-state index in [0.717, 1.165) is 32.1 Å². The fourth-order valence-electron chi connectivity index (χ4n) is 3.96. The summed E-state index contributed by atoms with van der Waals surface area (Å²) in [6.45, 7) is 1.80. The maximum absolute atomic E-state index is 11.8. The molecule has 3 atom stereocenters. The third kappa shape index (κ3) is 15.1. The minimum atomic E-state index is -0.632. The molecule has 0 radical (unpaired) electrons. The molecule has 0 spiro atoms. The van der Waals surface area contributed by atoms with Crippen molar-refractivity contribution in [3.8, 4) is 0 Å². The Labute approximate surface area is 172 Å². The summed E-state index contributed by atoms with van der Waals surface area (Å²) in [5.41, 5.74) is 0. The maximum Gasteiger partial charge on any atom is 0.330 e. The molecule has 1 aliphatic heterocycles. The number of aliphatic hydroxyl groups excluding tert-OH is 2. The molecular formula is C24H44O4. The number of hydrogen-bond donors (Lipinski definition) is 2. The van der Waals surface area contributed by atoms with Crippen molar-refractivity contribution in [3.05, 3.63) is 12.2 Å². The number of allylic oxidation sites excluding steroid dienone is 1. The van der Waals surface area contributed by atoms with Crippen LogP contribution in [-0.2, 0) is 9.53 Å². The van der Waals surface area contributed by atoms with Crippen molar-refractivity contribution in [1.29, 1.82) is 0 Å². The number of aliphatic hydroxyl groups is 2. The van der Waals surface area contributed by atoms with Crippen LogP contribution in [0.1, 0.15) is 116 Å². The summed E-state index contributed by atoms with van der Waals surface area (Å²) in [5, 5.41) is 20.2. The van der Waals surface area contributed by atoms with Crippen molar-refractivity contribution in [2.24, 2.45) is 0 Å². The van der Waals surface area contributed by atoms with E-state index in [2.05, 4.69) is 0 Å². The Morgan fingerprint density at radius 3 is 1.82 bits per heavy atom. The number of cyclic esters (lactones) is 1. The van der Waals surface area contributed by atoms with Gasteiger partial charge in [-0.3, -0.25) is 0 Å². The van der Waals surface area contributed by atoms with E-state index in [4.69, 9.17) is 4.74 Å². The lowest BCUT2D eigenvalue weighted by molar-refractivity contribution is -0.143. The molecule has 2 N–H and O–H groups in total. The van der Waals surface area contributed by atoms with Crippen molar-refractivity contribution in [3.63, 3.8) is 0 Å². The highest BCUT2D eigenvalue weighted by Gasteiger charge is 2.17. The Morgan fingerprint density at radius 2 is 1.25 bits per heavy atom. The van der Waals surface area contributed by atoms with Crippen LogP contribution in [0.15, 0.2) is 12.2 Å². The van der Waals surface area contributed by atoms with Crippen LogP contribution in [0.5, 0.6) is 0 Å². The zero-order valence-corrected chi connectivity index (χ0v) is 18.1. The van der Waals surface area contributed by atoms with Crippen LogP contribution < -0.4 is 0 Å². The van der Waals surface area contributed by atoms with Gasteiger partial charge in [0, 0.05) is 12.5 Å². The molecular weight excluding hydrogens is 352 g/mol. The van der Waals surface area contributed by atoms with Gasteiger partial charge in [0.2, 0.25) is 0 Å². The second-order valence-corrected chi connectivity index (χ2v) is 8.60. The zero-order valence-electron chi connectivity index (χ0n) is 18.1. The van der Waals surface area contributed by atoms with Crippen molar-refractivity contribution in [2.45, 2.75) is 134 Å². The molecule has 1 aliphatic rings. The first-order valence-electron chi connectivity index (χ1n) is 11.8. The molecule has 0 amide bonds. The van der Waals surface area contributed by atoms with Crippen LogP contribution in [0, 0.1) is 0 Å². The highest BCUT2D eigenvalue weighted by atomic mass is 16.5. The second kappa shape index (κ2) is 17.0. The fraction of sp³-hybridized carbons (Fsp3) is 0.875. The van der Waals surface area contributed by atoms with Gasteiger partial charge in [0.1, 0.15) is 6.10 Å². The molecule has 0 fully saturated rings. The van der Waals surface area contributed by atoms with E-state index in [9.17, 15) is 15.0 Å². The van der Waals surface area contributed by atoms with E-state index in [1.54, 1.807) is 6.92 Å².